The summed E-state index contributed by atoms with van der Waals surface area (Å²) >= 11 is 12.2. The highest BCUT2D eigenvalue weighted by Crippen LogP contribution is 2.34. The van der Waals surface area contributed by atoms with Crippen molar-refractivity contribution in [3.8, 4) is 17.3 Å². The number of anilines is 1. The molecule has 1 atom stereocenters. The van der Waals surface area contributed by atoms with Crippen LogP contribution in [0.15, 0.2) is 57.5 Å². The van der Waals surface area contributed by atoms with E-state index in [0.717, 1.165) is 42.9 Å². The van der Waals surface area contributed by atoms with E-state index < -0.39 is 6.10 Å². The maximum atomic E-state index is 10.6. The Kier molecular flexibility index (Phi) is 6.70. The van der Waals surface area contributed by atoms with Crippen LogP contribution >= 0.6 is 23.2 Å². The van der Waals surface area contributed by atoms with E-state index >= 15 is 0 Å². The van der Waals surface area contributed by atoms with Crippen LogP contribution < -0.4 is 9.64 Å². The fourth-order valence-corrected chi connectivity index (χ4v) is 4.46. The van der Waals surface area contributed by atoms with Gasteiger partial charge in [-0.15, -0.1) is 0 Å². The smallest absolute Gasteiger partial charge is 0.202 e. The Morgan fingerprint density at radius 2 is 1.85 bits per heavy atom. The maximum absolute atomic E-state index is 10.6. The third-order valence-electron chi connectivity index (χ3n) is 5.93. The van der Waals surface area contributed by atoms with Crippen LogP contribution in [0.2, 0.25) is 10.0 Å². The number of rotatable bonds is 7. The Bertz CT molecular complexity index is 1280. The monoisotopic (exact) mass is 501 g/mol. The first-order chi connectivity index (χ1) is 16.5. The largest absolute Gasteiger partial charge is 0.490 e. The standard InChI is InChI=1S/C25H25Cl2N3O4/c1-16-11-25(34-28-16)24-13-19-22(3-2-4-23(19)33-24)32-15-18(31)14-29-7-9-30(10-8-29)17-5-6-20(26)21(27)12-17/h2-6,11-13,18,31H,7-10,14-15H2,1H3. The van der Waals surface area contributed by atoms with E-state index in [1.807, 2.05) is 55.5 Å². The van der Waals surface area contributed by atoms with Gasteiger partial charge in [0.2, 0.25) is 5.76 Å². The van der Waals surface area contributed by atoms with Crippen LogP contribution in [-0.4, -0.2) is 60.6 Å². The molecule has 7 nitrogen and oxygen atoms in total. The number of halogens is 2. The van der Waals surface area contributed by atoms with Crippen LogP contribution in [0.3, 0.4) is 0 Å². The van der Waals surface area contributed by atoms with Crippen molar-refractivity contribution in [2.45, 2.75) is 13.0 Å². The number of aliphatic hydroxyl groups excluding tert-OH is 1. The molecule has 4 aromatic rings. The van der Waals surface area contributed by atoms with E-state index in [1.54, 1.807) is 0 Å². The second-order valence-electron chi connectivity index (χ2n) is 8.46. The molecule has 2 aromatic carbocycles. The van der Waals surface area contributed by atoms with Crippen molar-refractivity contribution in [2.24, 2.45) is 0 Å². The van der Waals surface area contributed by atoms with Gasteiger partial charge in [0.25, 0.3) is 0 Å². The Labute approximate surface area is 207 Å². The number of furan rings is 1. The molecule has 0 radical (unpaired) electrons. The zero-order chi connectivity index (χ0) is 23.7. The molecule has 178 valence electrons. The van der Waals surface area contributed by atoms with Crippen LogP contribution in [0.4, 0.5) is 5.69 Å². The fraction of sp³-hybridized carbons (Fsp3) is 0.320. The van der Waals surface area contributed by atoms with E-state index in [1.165, 1.54) is 0 Å². The molecule has 34 heavy (non-hydrogen) atoms. The number of hydrogen-bond acceptors (Lipinski definition) is 7. The molecule has 1 saturated heterocycles. The molecule has 1 aliphatic rings. The number of ether oxygens (including phenoxy) is 1. The van der Waals surface area contributed by atoms with Gasteiger partial charge >= 0.3 is 0 Å². The molecule has 0 saturated carbocycles. The highest BCUT2D eigenvalue weighted by atomic mass is 35.5. The lowest BCUT2D eigenvalue weighted by molar-refractivity contribution is 0.0668. The molecule has 0 spiro atoms. The predicted molar refractivity (Wildman–Crippen MR) is 133 cm³/mol. The summed E-state index contributed by atoms with van der Waals surface area (Å²) in [4.78, 5) is 4.51. The van der Waals surface area contributed by atoms with E-state index in [9.17, 15) is 5.11 Å². The normalized spacial score (nSPS) is 15.7. The van der Waals surface area contributed by atoms with Crippen molar-refractivity contribution < 1.29 is 18.8 Å². The summed E-state index contributed by atoms with van der Waals surface area (Å²) in [5.74, 6) is 1.82. The van der Waals surface area contributed by atoms with Crippen molar-refractivity contribution in [3.63, 3.8) is 0 Å². The van der Waals surface area contributed by atoms with Gasteiger partial charge in [0.05, 0.1) is 21.1 Å². The Morgan fingerprint density at radius 3 is 2.59 bits per heavy atom. The SMILES string of the molecule is Cc1cc(-c2cc3c(OCC(O)CN4CCN(c5ccc(Cl)c(Cl)c5)CC4)cccc3o2)on1. The van der Waals surface area contributed by atoms with E-state index in [0.29, 0.717) is 39.4 Å². The Morgan fingerprint density at radius 1 is 1.03 bits per heavy atom. The first-order valence-corrected chi connectivity index (χ1v) is 11.9. The van der Waals surface area contributed by atoms with Gasteiger partial charge in [0.1, 0.15) is 24.0 Å². The number of benzene rings is 2. The van der Waals surface area contributed by atoms with E-state index in [4.69, 9.17) is 36.9 Å². The molecule has 3 heterocycles. The Balaban J connectivity index is 1.16. The molecular formula is C25H25Cl2N3O4. The third kappa shape index (κ3) is 5.03. The predicted octanol–water partition coefficient (Wildman–Crippen LogP) is 5.26. The summed E-state index contributed by atoms with van der Waals surface area (Å²) in [6.07, 6.45) is -0.616. The molecule has 0 aliphatic carbocycles. The number of hydrogen-bond donors (Lipinski definition) is 1. The number of fused-ring (bicyclic) bond motifs is 1. The summed E-state index contributed by atoms with van der Waals surface area (Å²) < 4.78 is 17.2. The number of piperazine rings is 1. The minimum Gasteiger partial charge on any atom is -0.490 e. The van der Waals surface area contributed by atoms with Crippen molar-refractivity contribution in [2.75, 3.05) is 44.2 Å². The maximum Gasteiger partial charge on any atom is 0.202 e. The van der Waals surface area contributed by atoms with Gasteiger partial charge < -0.3 is 23.7 Å². The lowest BCUT2D eigenvalue weighted by atomic mass is 10.2. The van der Waals surface area contributed by atoms with Gasteiger partial charge in [-0.2, -0.15) is 0 Å². The minimum absolute atomic E-state index is 0.189. The highest BCUT2D eigenvalue weighted by molar-refractivity contribution is 6.42. The van der Waals surface area contributed by atoms with Crippen LogP contribution in [0.5, 0.6) is 5.75 Å². The molecule has 0 amide bonds. The quantitative estimate of drug-likeness (QED) is 0.369. The average Bonchev–Trinajstić information content (AvgIpc) is 3.46. The lowest BCUT2D eigenvalue weighted by Crippen LogP contribution is -2.49. The molecule has 1 fully saturated rings. The minimum atomic E-state index is -0.616. The van der Waals surface area contributed by atoms with Gasteiger partial charge in [-0.25, -0.2) is 0 Å². The second-order valence-corrected chi connectivity index (χ2v) is 9.28. The van der Waals surface area contributed by atoms with E-state index in [2.05, 4.69) is 15.0 Å². The lowest BCUT2D eigenvalue weighted by Gasteiger charge is -2.37. The zero-order valence-corrected chi connectivity index (χ0v) is 20.2. The Hall–Kier alpha value is -2.71. The number of nitrogens with zero attached hydrogens (tertiary/aromatic N) is 3. The average molecular weight is 502 g/mol. The highest BCUT2D eigenvalue weighted by Gasteiger charge is 2.21. The first kappa shape index (κ1) is 23.1. The van der Waals surface area contributed by atoms with Crippen LogP contribution in [0.25, 0.3) is 22.5 Å². The summed E-state index contributed by atoms with van der Waals surface area (Å²) in [5, 5.41) is 16.5. The van der Waals surface area contributed by atoms with E-state index in [-0.39, 0.29) is 6.61 Å². The molecule has 2 aromatic heterocycles. The molecule has 9 heteroatoms. The van der Waals surface area contributed by atoms with Crippen molar-refractivity contribution in [1.82, 2.24) is 10.1 Å². The van der Waals surface area contributed by atoms with Crippen molar-refractivity contribution >= 4 is 39.9 Å². The fourth-order valence-electron chi connectivity index (χ4n) is 4.17. The van der Waals surface area contributed by atoms with Gasteiger partial charge in [0, 0.05) is 44.5 Å². The van der Waals surface area contributed by atoms with Crippen LogP contribution in [0.1, 0.15) is 5.69 Å². The number of aryl methyl sites for hydroxylation is 1. The number of β-amino-alcohol motifs (C(OH)–C–C–N with tert-alkyl or cyclic N) is 1. The molecule has 0 bridgehead atoms. The molecular weight excluding hydrogens is 477 g/mol. The second kappa shape index (κ2) is 9.88. The van der Waals surface area contributed by atoms with Gasteiger partial charge in [-0.1, -0.05) is 34.4 Å². The van der Waals surface area contributed by atoms with Gasteiger partial charge in [-0.3, -0.25) is 4.90 Å². The van der Waals surface area contributed by atoms with Crippen molar-refractivity contribution in [3.05, 3.63) is 64.3 Å². The first-order valence-electron chi connectivity index (χ1n) is 11.2. The molecule has 1 aliphatic heterocycles. The van der Waals surface area contributed by atoms with Crippen LogP contribution in [-0.2, 0) is 0 Å². The summed E-state index contributed by atoms with van der Waals surface area (Å²) in [5.41, 5.74) is 2.54. The van der Waals surface area contributed by atoms with Gasteiger partial charge in [-0.05, 0) is 43.3 Å². The summed E-state index contributed by atoms with van der Waals surface area (Å²) in [6.45, 7) is 5.97. The zero-order valence-electron chi connectivity index (χ0n) is 18.7. The van der Waals surface area contributed by atoms with Gasteiger partial charge in [0.15, 0.2) is 5.76 Å². The third-order valence-corrected chi connectivity index (χ3v) is 6.67. The topological polar surface area (TPSA) is 75.1 Å². The molecule has 5 rings (SSSR count). The summed E-state index contributed by atoms with van der Waals surface area (Å²) in [6, 6.07) is 15.0. The van der Waals surface area contributed by atoms with Crippen LogP contribution in [0, 0.1) is 6.92 Å². The summed E-state index contributed by atoms with van der Waals surface area (Å²) in [7, 11) is 0. The van der Waals surface area contributed by atoms with Crippen molar-refractivity contribution in [1.29, 1.82) is 0 Å². The number of aliphatic hydroxyl groups is 1. The molecule has 1 N–H and O–H groups in total. The molecule has 1 unspecified atom stereocenters. The number of aromatic nitrogens is 1.